The van der Waals surface area contributed by atoms with E-state index in [9.17, 15) is 146 Å². The second kappa shape index (κ2) is 31.5. The minimum atomic E-state index is -3.61. The molecule has 5 heterocycles. The van der Waals surface area contributed by atoms with E-state index in [2.05, 4.69) is 21.3 Å². The third kappa shape index (κ3) is 16.7. The molecule has 5 aliphatic rings. The second-order valence-electron chi connectivity index (χ2n) is 22.6. The fraction of sp³-hybridized carbons (Fsp3) is 0.840. The average Bonchev–Trinajstić information content (AvgIpc) is 0.767. The molecule has 25 N–H and O–H groups in total. The molecule has 4 amide bonds. The van der Waals surface area contributed by atoms with Crippen LogP contribution < -0.4 is 21.3 Å². The van der Waals surface area contributed by atoms with Crippen molar-refractivity contribution < 1.29 is 188 Å². The number of carbonyl (C=O) groups excluding carboxylic acids is 4. The van der Waals surface area contributed by atoms with Gasteiger partial charge in [-0.25, -0.2) is 19.2 Å². The van der Waals surface area contributed by atoms with E-state index in [0.29, 0.717) is 0 Å². The Morgan fingerprint density at radius 2 is 0.696 bits per heavy atom. The number of carboxylic acids is 4. The van der Waals surface area contributed by atoms with Crippen LogP contribution in [0.1, 0.15) is 53.4 Å². The van der Waals surface area contributed by atoms with E-state index < -0.39 is 282 Å². The average molecular weight is 1350 g/mol. The minimum absolute atomic E-state index is 0.815. The van der Waals surface area contributed by atoms with E-state index in [-0.39, 0.29) is 0 Å². The monoisotopic (exact) mass is 1340 g/mol. The lowest BCUT2D eigenvalue weighted by Crippen LogP contribution is -2.72. The lowest BCUT2D eigenvalue weighted by molar-refractivity contribution is -0.373. The summed E-state index contributed by atoms with van der Waals surface area (Å²) in [6.07, 6.45) is -55.9. The molecule has 5 rings (SSSR count). The number of aliphatic hydroxyl groups is 17. The third-order valence-corrected chi connectivity index (χ3v) is 15.9. The van der Waals surface area contributed by atoms with Crippen LogP contribution in [0, 0.1) is 0 Å². The minimum Gasteiger partial charge on any atom is -0.477 e. The molecular weight excluding hydrogens is 1260 g/mol. The zero-order valence-corrected chi connectivity index (χ0v) is 49.1. The highest BCUT2D eigenvalue weighted by atomic mass is 16.8. The summed E-state index contributed by atoms with van der Waals surface area (Å²) in [7, 11) is 0. The summed E-state index contributed by atoms with van der Waals surface area (Å²) < 4.78 is 50.0. The number of carboxylic acid groups (broad SMARTS) is 4. The first-order valence-electron chi connectivity index (χ1n) is 28.1. The Morgan fingerprint density at radius 3 is 0.946 bits per heavy atom. The Hall–Kier alpha value is -5.28. The number of amides is 4. The second-order valence-corrected chi connectivity index (χ2v) is 22.6. The Morgan fingerprint density at radius 1 is 0.424 bits per heavy atom. The predicted molar refractivity (Wildman–Crippen MR) is 282 cm³/mol. The van der Waals surface area contributed by atoms with Gasteiger partial charge in [0, 0.05) is 53.4 Å². The van der Waals surface area contributed by atoms with E-state index in [4.69, 9.17) is 42.6 Å². The maximum absolute atomic E-state index is 13.5. The van der Waals surface area contributed by atoms with Crippen molar-refractivity contribution in [2.45, 2.75) is 229 Å². The molecule has 5 saturated heterocycles. The number of nitrogens with one attached hydrogen (secondary N) is 4. The zero-order chi connectivity index (χ0) is 69.6. The number of rotatable bonds is 29. The number of carbonyl (C=O) groups is 8. The van der Waals surface area contributed by atoms with Gasteiger partial charge in [0.1, 0.15) is 97.7 Å². The Labute approximate surface area is 518 Å². The predicted octanol–water partition coefficient (Wildman–Crippen LogP) is -14.5. The van der Waals surface area contributed by atoms with E-state index in [1.807, 2.05) is 0 Å². The largest absolute Gasteiger partial charge is 0.477 e. The van der Waals surface area contributed by atoms with Gasteiger partial charge < -0.3 is 171 Å². The van der Waals surface area contributed by atoms with E-state index in [0.717, 1.165) is 27.7 Å². The number of ether oxygens (including phenoxy) is 9. The van der Waals surface area contributed by atoms with Crippen LogP contribution in [0.15, 0.2) is 0 Å². The summed E-state index contributed by atoms with van der Waals surface area (Å²) in [5.41, 5.74) is 0. The molecule has 0 unspecified atom stereocenters. The number of hydrogen-bond donors (Lipinski definition) is 25. The van der Waals surface area contributed by atoms with Crippen LogP contribution in [-0.4, -0.2) is 363 Å². The van der Waals surface area contributed by atoms with Gasteiger partial charge in [-0.3, -0.25) is 19.2 Å². The van der Waals surface area contributed by atoms with Gasteiger partial charge in [-0.1, -0.05) is 0 Å². The normalized spacial score (nSPS) is 39.4. The number of aliphatic carboxylic acids is 4. The third-order valence-electron chi connectivity index (χ3n) is 15.9. The molecule has 29 atom stereocenters. The highest BCUT2D eigenvalue weighted by Gasteiger charge is 2.65. The molecule has 0 radical (unpaired) electrons. The van der Waals surface area contributed by atoms with Crippen LogP contribution in [-0.2, 0) is 81.0 Å². The fourth-order valence-corrected chi connectivity index (χ4v) is 11.5. The highest BCUT2D eigenvalue weighted by Crippen LogP contribution is 2.43. The van der Waals surface area contributed by atoms with Crippen LogP contribution in [0.3, 0.4) is 0 Å². The zero-order valence-electron chi connectivity index (χ0n) is 49.1. The van der Waals surface area contributed by atoms with Gasteiger partial charge in [0.15, 0.2) is 6.29 Å². The maximum Gasteiger partial charge on any atom is 0.364 e. The molecular formula is C50H80N4O38. The number of aliphatic hydroxyl groups excluding tert-OH is 17. The molecule has 0 aromatic carbocycles. The van der Waals surface area contributed by atoms with Crippen LogP contribution in [0.25, 0.3) is 0 Å². The van der Waals surface area contributed by atoms with Crippen molar-refractivity contribution in [3.8, 4) is 0 Å². The Bertz CT molecular complexity index is 2580. The van der Waals surface area contributed by atoms with Gasteiger partial charge in [0.25, 0.3) is 23.1 Å². The number of hydrogen-bond acceptors (Lipinski definition) is 34. The van der Waals surface area contributed by atoms with Crippen molar-refractivity contribution in [3.63, 3.8) is 0 Å². The molecule has 0 aromatic heterocycles. The Kier molecular flexibility index (Phi) is 26.5. The SMILES string of the molecule is CC(=O)N[C@H]1[C@H]([C@H](O)[C@H](O)CO)O[C@@](O[C@H](CO)[C@@H](O)[C@@H]2O[C@@](O[C@H](CO)[C@@H](O)[C@@H]3O[C@@](O[C@H](CO)[C@@H](O)[C@@H]4O[C@@](O[C@@H]5[C@@H](O)[C@H](O)O[C@H](CO)[C@H]5O)(C(=O)O)C[C@H](O)[C@H]4NC(C)=O)(C(=O)O)C[C@H](O)[C@H]3NC(C)=O)(C(=O)O)C[C@H](O)[C@H]2NC(C)=O)(C(=O)O)C[C@@H]1O. The van der Waals surface area contributed by atoms with E-state index in [1.54, 1.807) is 0 Å². The summed E-state index contributed by atoms with van der Waals surface area (Å²) in [6, 6.07) is -7.98. The van der Waals surface area contributed by atoms with Gasteiger partial charge in [0.05, 0.1) is 81.6 Å². The van der Waals surface area contributed by atoms with Crippen LogP contribution in [0.4, 0.5) is 0 Å². The smallest absolute Gasteiger partial charge is 0.364 e. The standard InChI is InChI=1S/C50H80N4O38/c1-14(60)51-27-18(64)5-47(43(76)77,88-37(27)31(69)22(68)9-55)85-24(11-57)33(71)38-28(52-15(2)61)19(65)6-48(89-38,44(78)79)86-25(12-58)34(72)39-29(53-16(3)62)20(66)7-49(90-39,45(80)81)87-26(13-59)35(73)40-30(54-17(4)63)21(67)8-50(91-40,46(82)83)92-41-32(70)23(10-56)84-42(75)36(41)74/h18-42,55-59,64-75H,5-13H2,1-4H3,(H,51,60)(H,52,61)(H,53,62)(H,54,63)(H,76,77)(H,78,79)(H,80,81)(H,82,83)/t18-,19-,20-,21-,22+,23+,24+,25+,26+,27+,28+,29+,30+,31+,32+,33+,34+,35+,36+,37+,38+,39+,40+,41-,42+,47+,48+,49+,50-/m0/s1. The molecule has 42 nitrogen and oxygen atoms in total. The van der Waals surface area contributed by atoms with Crippen LogP contribution in [0.2, 0.25) is 0 Å². The van der Waals surface area contributed by atoms with Crippen molar-refractivity contribution in [1.82, 2.24) is 21.3 Å². The first-order valence-corrected chi connectivity index (χ1v) is 28.1. The van der Waals surface area contributed by atoms with Crippen LogP contribution >= 0.6 is 0 Å². The summed E-state index contributed by atoms with van der Waals surface area (Å²) in [5, 5.41) is 238. The maximum atomic E-state index is 13.5. The molecule has 0 saturated carbocycles. The topological polar surface area (TPSA) is 693 Å². The molecule has 0 aromatic rings. The lowest BCUT2D eigenvalue weighted by Gasteiger charge is -2.51. The molecule has 42 heteroatoms. The van der Waals surface area contributed by atoms with Gasteiger partial charge in [0.2, 0.25) is 23.6 Å². The molecule has 5 aliphatic heterocycles. The molecule has 528 valence electrons. The van der Waals surface area contributed by atoms with E-state index in [1.165, 1.54) is 0 Å². The van der Waals surface area contributed by atoms with E-state index >= 15 is 0 Å². The summed E-state index contributed by atoms with van der Waals surface area (Å²) >= 11 is 0. The van der Waals surface area contributed by atoms with Gasteiger partial charge in [-0.15, -0.1) is 0 Å². The quantitative estimate of drug-likeness (QED) is 0.0331. The summed E-state index contributed by atoms with van der Waals surface area (Å²) in [5.74, 6) is -27.2. The first-order chi connectivity index (χ1) is 42.8. The molecule has 0 spiro atoms. The van der Waals surface area contributed by atoms with Crippen molar-refractivity contribution >= 4 is 47.5 Å². The van der Waals surface area contributed by atoms with Crippen molar-refractivity contribution in [2.24, 2.45) is 0 Å². The Balaban J connectivity index is 1.54. The van der Waals surface area contributed by atoms with Crippen molar-refractivity contribution in [2.75, 3.05) is 33.0 Å². The van der Waals surface area contributed by atoms with Gasteiger partial charge >= 0.3 is 23.9 Å². The highest BCUT2D eigenvalue weighted by molar-refractivity contribution is 5.79. The van der Waals surface area contributed by atoms with Crippen LogP contribution in [0.5, 0.6) is 0 Å². The van der Waals surface area contributed by atoms with Gasteiger partial charge in [-0.05, 0) is 0 Å². The molecule has 5 fully saturated rings. The van der Waals surface area contributed by atoms with Crippen molar-refractivity contribution in [1.29, 1.82) is 0 Å². The summed E-state index contributed by atoms with van der Waals surface area (Å²) in [6.45, 7) is -3.72. The lowest BCUT2D eigenvalue weighted by atomic mass is 9.86. The molecule has 92 heavy (non-hydrogen) atoms. The molecule has 0 aliphatic carbocycles. The molecule has 0 bridgehead atoms. The summed E-state index contributed by atoms with van der Waals surface area (Å²) in [4.78, 5) is 103. The fourth-order valence-electron chi connectivity index (χ4n) is 11.5. The van der Waals surface area contributed by atoms with Crippen molar-refractivity contribution in [3.05, 3.63) is 0 Å². The van der Waals surface area contributed by atoms with Gasteiger partial charge in [-0.2, -0.15) is 0 Å². The first kappa shape index (κ1) is 77.4.